The molecule has 5 nitrogen and oxygen atoms in total. The summed E-state index contributed by atoms with van der Waals surface area (Å²) in [7, 11) is 1.33. The second-order valence-electron chi connectivity index (χ2n) is 2.64. The van der Waals surface area contributed by atoms with E-state index in [1.54, 1.807) is 6.92 Å². The molecular formula is C7H13NO4. The van der Waals surface area contributed by atoms with Crippen LogP contribution in [0.25, 0.3) is 0 Å². The molecule has 1 atom stereocenters. The Morgan fingerprint density at radius 1 is 1.50 bits per heavy atom. The second kappa shape index (κ2) is 5.54. The van der Waals surface area contributed by atoms with E-state index in [-0.39, 0.29) is 24.7 Å². The summed E-state index contributed by atoms with van der Waals surface area (Å²) in [5.41, 5.74) is 2.12. The fourth-order valence-electron chi connectivity index (χ4n) is 0.842. The van der Waals surface area contributed by atoms with Gasteiger partial charge in [0.15, 0.2) is 0 Å². The molecule has 0 aliphatic heterocycles. The van der Waals surface area contributed by atoms with E-state index in [4.69, 9.17) is 5.11 Å². The maximum Gasteiger partial charge on any atom is 0.303 e. The van der Waals surface area contributed by atoms with Crippen LogP contribution in [0.2, 0.25) is 0 Å². The fourth-order valence-corrected chi connectivity index (χ4v) is 0.842. The SMILES string of the molecule is CONC(=O)CC(C)CC(=O)O. The number of aliphatic carboxylic acids is 1. The fraction of sp³-hybridized carbons (Fsp3) is 0.714. The van der Waals surface area contributed by atoms with Gasteiger partial charge in [-0.2, -0.15) is 0 Å². The number of amides is 1. The van der Waals surface area contributed by atoms with Gasteiger partial charge >= 0.3 is 5.97 Å². The van der Waals surface area contributed by atoms with E-state index in [9.17, 15) is 9.59 Å². The number of nitrogens with one attached hydrogen (secondary N) is 1. The number of rotatable bonds is 5. The highest BCUT2D eigenvalue weighted by Crippen LogP contribution is 2.06. The predicted molar refractivity (Wildman–Crippen MR) is 41.2 cm³/mol. The number of hydroxylamine groups is 1. The van der Waals surface area contributed by atoms with Crippen molar-refractivity contribution in [3.63, 3.8) is 0 Å². The zero-order valence-electron chi connectivity index (χ0n) is 7.16. The Kier molecular flexibility index (Phi) is 5.03. The first-order chi connectivity index (χ1) is 5.56. The molecule has 0 aliphatic rings. The van der Waals surface area contributed by atoms with Crippen molar-refractivity contribution in [3.8, 4) is 0 Å². The summed E-state index contributed by atoms with van der Waals surface area (Å²) in [4.78, 5) is 25.4. The van der Waals surface area contributed by atoms with Crippen LogP contribution in [0.15, 0.2) is 0 Å². The quantitative estimate of drug-likeness (QED) is 0.584. The van der Waals surface area contributed by atoms with Crippen LogP contribution in [0.1, 0.15) is 19.8 Å². The van der Waals surface area contributed by atoms with Gasteiger partial charge in [0.25, 0.3) is 0 Å². The number of carbonyl (C=O) groups is 2. The summed E-state index contributed by atoms with van der Waals surface area (Å²) < 4.78 is 0. The van der Waals surface area contributed by atoms with Crippen molar-refractivity contribution in [1.29, 1.82) is 0 Å². The van der Waals surface area contributed by atoms with Gasteiger partial charge in [-0.25, -0.2) is 5.48 Å². The number of hydrogen-bond donors (Lipinski definition) is 2. The van der Waals surface area contributed by atoms with Crippen LogP contribution in [-0.4, -0.2) is 24.1 Å². The average Bonchev–Trinajstić information content (AvgIpc) is 1.84. The minimum Gasteiger partial charge on any atom is -0.481 e. The van der Waals surface area contributed by atoms with E-state index in [1.165, 1.54) is 7.11 Å². The van der Waals surface area contributed by atoms with Gasteiger partial charge in [-0.05, 0) is 5.92 Å². The van der Waals surface area contributed by atoms with Gasteiger partial charge in [-0.15, -0.1) is 0 Å². The lowest BCUT2D eigenvalue weighted by molar-refractivity contribution is -0.138. The van der Waals surface area contributed by atoms with E-state index in [1.807, 2.05) is 0 Å². The van der Waals surface area contributed by atoms with Crippen molar-refractivity contribution in [3.05, 3.63) is 0 Å². The lowest BCUT2D eigenvalue weighted by Gasteiger charge is -2.06. The maximum absolute atomic E-state index is 10.8. The molecule has 0 aliphatic carbocycles. The van der Waals surface area contributed by atoms with Crippen molar-refractivity contribution in [2.24, 2.45) is 5.92 Å². The summed E-state index contributed by atoms with van der Waals surface area (Å²) in [6.45, 7) is 1.70. The summed E-state index contributed by atoms with van der Waals surface area (Å²) in [5, 5.41) is 8.36. The van der Waals surface area contributed by atoms with Gasteiger partial charge in [-0.3, -0.25) is 14.4 Å². The molecule has 70 valence electrons. The number of hydrogen-bond acceptors (Lipinski definition) is 3. The monoisotopic (exact) mass is 175 g/mol. The molecule has 0 bridgehead atoms. The maximum atomic E-state index is 10.8. The normalized spacial score (nSPS) is 12.2. The van der Waals surface area contributed by atoms with Crippen LogP contribution in [-0.2, 0) is 14.4 Å². The Balaban J connectivity index is 3.61. The molecule has 0 saturated carbocycles. The summed E-state index contributed by atoms with van der Waals surface area (Å²) >= 11 is 0. The smallest absolute Gasteiger partial charge is 0.303 e. The summed E-state index contributed by atoms with van der Waals surface area (Å²) in [6.07, 6.45) is 0.164. The number of carbonyl (C=O) groups excluding carboxylic acids is 1. The topological polar surface area (TPSA) is 75.6 Å². The van der Waals surface area contributed by atoms with Gasteiger partial charge in [0, 0.05) is 12.8 Å². The molecule has 1 amide bonds. The van der Waals surface area contributed by atoms with Crippen molar-refractivity contribution in [2.75, 3.05) is 7.11 Å². The number of carboxylic acid groups (broad SMARTS) is 1. The van der Waals surface area contributed by atoms with Crippen LogP contribution in [0.4, 0.5) is 0 Å². The van der Waals surface area contributed by atoms with Crippen molar-refractivity contribution in [1.82, 2.24) is 5.48 Å². The van der Waals surface area contributed by atoms with Gasteiger partial charge in [-0.1, -0.05) is 6.92 Å². The third-order valence-corrected chi connectivity index (χ3v) is 1.27. The van der Waals surface area contributed by atoms with E-state index in [0.29, 0.717) is 0 Å². The molecule has 0 spiro atoms. The molecule has 0 radical (unpaired) electrons. The average molecular weight is 175 g/mol. The molecule has 0 aromatic carbocycles. The van der Waals surface area contributed by atoms with Gasteiger partial charge in [0.05, 0.1) is 7.11 Å². The Bertz CT molecular complexity index is 169. The van der Waals surface area contributed by atoms with E-state index < -0.39 is 5.97 Å². The second-order valence-corrected chi connectivity index (χ2v) is 2.64. The first-order valence-corrected chi connectivity index (χ1v) is 3.60. The lowest BCUT2D eigenvalue weighted by atomic mass is 10.0. The van der Waals surface area contributed by atoms with Gasteiger partial charge in [0.1, 0.15) is 0 Å². The van der Waals surface area contributed by atoms with Crippen molar-refractivity contribution in [2.45, 2.75) is 19.8 Å². The van der Waals surface area contributed by atoms with Crippen molar-refractivity contribution < 1.29 is 19.5 Å². The Labute approximate surface area is 70.7 Å². The predicted octanol–water partition coefficient (Wildman–Crippen LogP) is 0.165. The van der Waals surface area contributed by atoms with E-state index in [2.05, 4.69) is 10.3 Å². The third kappa shape index (κ3) is 5.67. The molecule has 0 rings (SSSR count). The minimum absolute atomic E-state index is 0.00284. The molecular weight excluding hydrogens is 162 g/mol. The van der Waals surface area contributed by atoms with E-state index in [0.717, 1.165) is 0 Å². The Morgan fingerprint density at radius 3 is 2.50 bits per heavy atom. The van der Waals surface area contributed by atoms with E-state index >= 15 is 0 Å². The molecule has 0 saturated heterocycles. The first-order valence-electron chi connectivity index (χ1n) is 3.60. The standard InChI is InChI=1S/C7H13NO4/c1-5(4-7(10)11)3-6(9)8-12-2/h5H,3-4H2,1-2H3,(H,8,9)(H,10,11). The number of carboxylic acids is 1. The molecule has 0 heterocycles. The minimum atomic E-state index is -0.896. The van der Waals surface area contributed by atoms with Gasteiger partial charge in [0.2, 0.25) is 5.91 Å². The zero-order valence-corrected chi connectivity index (χ0v) is 7.16. The Hall–Kier alpha value is -1.10. The zero-order chi connectivity index (χ0) is 9.56. The highest BCUT2D eigenvalue weighted by atomic mass is 16.6. The van der Waals surface area contributed by atoms with Crippen LogP contribution in [0.5, 0.6) is 0 Å². The van der Waals surface area contributed by atoms with Crippen molar-refractivity contribution >= 4 is 11.9 Å². The van der Waals surface area contributed by atoms with Crippen LogP contribution in [0, 0.1) is 5.92 Å². The highest BCUT2D eigenvalue weighted by molar-refractivity contribution is 5.76. The largest absolute Gasteiger partial charge is 0.481 e. The first kappa shape index (κ1) is 10.9. The van der Waals surface area contributed by atoms with Crippen LogP contribution >= 0.6 is 0 Å². The third-order valence-electron chi connectivity index (χ3n) is 1.27. The molecule has 12 heavy (non-hydrogen) atoms. The Morgan fingerprint density at radius 2 is 2.08 bits per heavy atom. The summed E-state index contributed by atoms with van der Waals surface area (Å²) in [5.74, 6) is -1.36. The highest BCUT2D eigenvalue weighted by Gasteiger charge is 2.11. The lowest BCUT2D eigenvalue weighted by Crippen LogP contribution is -2.24. The molecule has 0 aromatic heterocycles. The molecule has 1 unspecified atom stereocenters. The van der Waals surface area contributed by atoms with Crippen LogP contribution < -0.4 is 5.48 Å². The summed E-state index contributed by atoms with van der Waals surface area (Å²) in [6, 6.07) is 0. The molecule has 2 N–H and O–H groups in total. The molecule has 0 aromatic rings. The van der Waals surface area contributed by atoms with Crippen LogP contribution in [0.3, 0.4) is 0 Å². The molecule has 0 fully saturated rings. The molecule has 5 heteroatoms. The van der Waals surface area contributed by atoms with Gasteiger partial charge < -0.3 is 5.11 Å².